The second kappa shape index (κ2) is 11.8. The van der Waals surface area contributed by atoms with E-state index in [2.05, 4.69) is 10.1 Å². The number of esters is 1. The van der Waals surface area contributed by atoms with Gasteiger partial charge in [0.15, 0.2) is 17.2 Å². The second-order valence-corrected chi connectivity index (χ2v) is 10.6. The van der Waals surface area contributed by atoms with E-state index in [0.717, 1.165) is 0 Å². The Morgan fingerprint density at radius 2 is 1.97 bits per heavy atom. The number of aliphatic hydroxyl groups is 1. The fourth-order valence-corrected chi connectivity index (χ4v) is 5.21. The smallest absolute Gasteiger partial charge is 0.459 e. The number of para-hydroxylation sites is 1. The number of H-pyrrole nitrogens is 1. The van der Waals surface area contributed by atoms with E-state index < -0.39 is 57.1 Å². The Balaban J connectivity index is 1.75. The lowest BCUT2D eigenvalue weighted by atomic mass is 10.1. The highest BCUT2D eigenvalue weighted by Gasteiger charge is 2.46. The number of aliphatic hydroxyl groups excluding tert-OH is 1. The molecule has 0 amide bonds. The molecule has 6 unspecified atom stereocenters. The highest BCUT2D eigenvalue weighted by atomic mass is 32.1. The van der Waals surface area contributed by atoms with Gasteiger partial charge in [0, 0.05) is 6.20 Å². The van der Waals surface area contributed by atoms with E-state index in [1.165, 1.54) is 23.8 Å². The van der Waals surface area contributed by atoms with Crippen molar-refractivity contribution in [2.24, 2.45) is 0 Å². The van der Waals surface area contributed by atoms with Gasteiger partial charge >= 0.3 is 13.7 Å². The Morgan fingerprint density at radius 1 is 1.29 bits per heavy atom. The molecule has 3 N–H and O–H groups in total. The maximum Gasteiger partial charge on any atom is 0.459 e. The topological polar surface area (TPSA) is 124 Å². The first-order valence-corrected chi connectivity index (χ1v) is 13.1. The molecule has 2 heterocycles. The van der Waals surface area contributed by atoms with Gasteiger partial charge in [0.2, 0.25) is 0 Å². The van der Waals surface area contributed by atoms with Gasteiger partial charge in [-0.1, -0.05) is 30.4 Å². The van der Waals surface area contributed by atoms with Crippen LogP contribution in [-0.4, -0.2) is 57.8 Å². The van der Waals surface area contributed by atoms with Crippen LogP contribution < -0.4 is 9.61 Å². The van der Waals surface area contributed by atoms with Crippen molar-refractivity contribution in [2.75, 3.05) is 6.61 Å². The number of carbonyl (C=O) groups is 1. The van der Waals surface area contributed by atoms with Crippen molar-refractivity contribution in [3.8, 4) is 5.75 Å². The summed E-state index contributed by atoms with van der Waals surface area (Å²) in [5, 5.41) is 12.9. The van der Waals surface area contributed by atoms with E-state index in [0.29, 0.717) is 4.64 Å². The Hall–Kier alpha value is -1.99. The third-order valence-electron chi connectivity index (χ3n) is 4.85. The average molecular weight is 548 g/mol. The molecule has 10 nitrogen and oxygen atoms in total. The molecule has 35 heavy (non-hydrogen) atoms. The molecule has 0 radical (unpaired) electrons. The van der Waals surface area contributed by atoms with Gasteiger partial charge in [0.25, 0.3) is 0 Å². The zero-order valence-electron chi connectivity index (χ0n) is 19.2. The molecule has 1 aliphatic rings. The Morgan fingerprint density at radius 3 is 2.60 bits per heavy atom. The van der Waals surface area contributed by atoms with Gasteiger partial charge in [-0.05, 0) is 51.2 Å². The SMILES string of the molecule is CC(C)OC(=O)C(C)NP(=O)(OCC1OC(n2ccc(=S)[nH]c2=S)C(O)C1F)Oc1ccccc1. The van der Waals surface area contributed by atoms with Crippen molar-refractivity contribution in [2.45, 2.75) is 57.5 Å². The minimum atomic E-state index is -4.23. The van der Waals surface area contributed by atoms with E-state index in [9.17, 15) is 18.9 Å². The number of rotatable bonds is 10. The number of aromatic amines is 1. The zero-order valence-corrected chi connectivity index (χ0v) is 21.7. The van der Waals surface area contributed by atoms with Crippen molar-refractivity contribution in [1.29, 1.82) is 0 Å². The van der Waals surface area contributed by atoms with Crippen molar-refractivity contribution >= 4 is 38.2 Å². The van der Waals surface area contributed by atoms with Crippen molar-refractivity contribution in [3.05, 3.63) is 52.0 Å². The van der Waals surface area contributed by atoms with Gasteiger partial charge in [-0.15, -0.1) is 0 Å². The predicted molar refractivity (Wildman–Crippen MR) is 130 cm³/mol. The van der Waals surface area contributed by atoms with Crippen LogP contribution in [0.15, 0.2) is 42.6 Å². The molecule has 0 spiro atoms. The number of nitrogens with one attached hydrogen (secondary N) is 2. The number of alkyl halides is 1. The van der Waals surface area contributed by atoms with E-state index in [-0.39, 0.29) is 10.5 Å². The minimum Gasteiger partial charge on any atom is -0.462 e. The Bertz CT molecular complexity index is 1180. The van der Waals surface area contributed by atoms with Crippen LogP contribution in [0.5, 0.6) is 5.75 Å². The van der Waals surface area contributed by atoms with E-state index in [1.807, 2.05) is 0 Å². The lowest BCUT2D eigenvalue weighted by Gasteiger charge is -2.24. The highest BCUT2D eigenvalue weighted by molar-refractivity contribution is 7.72. The summed E-state index contributed by atoms with van der Waals surface area (Å²) < 4.78 is 52.0. The van der Waals surface area contributed by atoms with Gasteiger partial charge in [0.1, 0.15) is 28.6 Å². The molecule has 0 bridgehead atoms. The molecular weight excluding hydrogens is 520 g/mol. The molecule has 0 aliphatic carbocycles. The maximum absolute atomic E-state index is 14.9. The zero-order chi connectivity index (χ0) is 25.8. The minimum absolute atomic E-state index is 0.132. The van der Waals surface area contributed by atoms with Crippen LogP contribution in [0.4, 0.5) is 4.39 Å². The molecule has 1 fully saturated rings. The monoisotopic (exact) mass is 547 g/mol. The van der Waals surface area contributed by atoms with Crippen LogP contribution in [0.1, 0.15) is 27.0 Å². The number of carbonyl (C=O) groups excluding carboxylic acids is 1. The summed E-state index contributed by atoms with van der Waals surface area (Å²) in [5.74, 6) is -0.479. The predicted octanol–water partition coefficient (Wildman–Crippen LogP) is 4.00. The summed E-state index contributed by atoms with van der Waals surface area (Å²) in [6.07, 6.45) is -4.87. The first kappa shape index (κ1) is 27.6. The Kier molecular flexibility index (Phi) is 9.33. The number of halogens is 1. The fourth-order valence-electron chi connectivity index (χ4n) is 3.21. The summed E-state index contributed by atoms with van der Waals surface area (Å²) in [6, 6.07) is 8.58. The van der Waals surface area contributed by atoms with E-state index in [4.69, 9.17) is 43.0 Å². The summed E-state index contributed by atoms with van der Waals surface area (Å²) in [5.41, 5.74) is 0. The van der Waals surface area contributed by atoms with Crippen LogP contribution in [0.2, 0.25) is 0 Å². The van der Waals surface area contributed by atoms with Crippen molar-refractivity contribution in [1.82, 2.24) is 14.6 Å². The number of benzene rings is 1. The van der Waals surface area contributed by atoms with E-state index in [1.54, 1.807) is 44.2 Å². The molecular formula is C21H27FN3O7PS2. The van der Waals surface area contributed by atoms with Gasteiger partial charge in [-0.25, -0.2) is 8.96 Å². The van der Waals surface area contributed by atoms with Crippen molar-refractivity contribution in [3.63, 3.8) is 0 Å². The molecule has 1 saturated heterocycles. The first-order chi connectivity index (χ1) is 16.5. The van der Waals surface area contributed by atoms with Crippen LogP contribution in [-0.2, 0) is 23.4 Å². The lowest BCUT2D eigenvalue weighted by molar-refractivity contribution is -0.149. The van der Waals surface area contributed by atoms with Crippen LogP contribution in [0, 0.1) is 9.41 Å². The maximum atomic E-state index is 14.9. The summed E-state index contributed by atoms with van der Waals surface area (Å²) in [6.45, 7) is 4.22. The van der Waals surface area contributed by atoms with Crippen LogP contribution >= 0.6 is 32.2 Å². The molecule has 0 saturated carbocycles. The van der Waals surface area contributed by atoms with Crippen LogP contribution in [0.3, 0.4) is 0 Å². The molecule has 14 heteroatoms. The number of hydrogen-bond donors (Lipinski definition) is 3. The van der Waals surface area contributed by atoms with Gasteiger partial charge in [-0.3, -0.25) is 13.9 Å². The van der Waals surface area contributed by atoms with Gasteiger partial charge in [0.05, 0.1) is 12.7 Å². The highest BCUT2D eigenvalue weighted by Crippen LogP contribution is 2.46. The Labute approximate surface area is 212 Å². The first-order valence-electron chi connectivity index (χ1n) is 10.8. The number of hydrogen-bond acceptors (Lipinski definition) is 9. The van der Waals surface area contributed by atoms with Crippen LogP contribution in [0.25, 0.3) is 0 Å². The quantitative estimate of drug-likeness (QED) is 0.228. The largest absolute Gasteiger partial charge is 0.462 e. The van der Waals surface area contributed by atoms with E-state index >= 15 is 0 Å². The summed E-state index contributed by atoms with van der Waals surface area (Å²) >= 11 is 10.2. The molecule has 1 aromatic carbocycles. The fraction of sp³-hybridized carbons (Fsp3) is 0.476. The molecule has 1 aliphatic heterocycles. The molecule has 3 rings (SSSR count). The molecule has 1 aromatic heterocycles. The third kappa shape index (κ3) is 7.26. The number of aromatic nitrogens is 2. The molecule has 6 atom stereocenters. The van der Waals surface area contributed by atoms with Gasteiger partial charge < -0.3 is 24.1 Å². The van der Waals surface area contributed by atoms with Crippen molar-refractivity contribution < 1.29 is 37.4 Å². The summed E-state index contributed by atoms with van der Waals surface area (Å²) in [4.78, 5) is 15.0. The number of ether oxygens (including phenoxy) is 2. The lowest BCUT2D eigenvalue weighted by Crippen LogP contribution is -2.37. The molecule has 2 aromatic rings. The normalized spacial score (nSPS) is 24.6. The van der Waals surface area contributed by atoms with Gasteiger partial charge in [-0.2, -0.15) is 5.09 Å². The molecule has 192 valence electrons. The standard InChI is InChI=1S/C21H27FN3O7PS2/c1-12(2)30-20(27)13(3)24-33(28,32-14-7-5-4-6-8-14)29-11-15-17(22)18(26)19(31-15)25-10-9-16(34)23-21(25)35/h4-10,12-13,15,17-19,26H,11H2,1-3H3,(H,24,28)(H,23,34,35). The summed E-state index contributed by atoms with van der Waals surface area (Å²) in [7, 11) is -4.23. The number of nitrogens with zero attached hydrogens (tertiary/aromatic N) is 1. The third-order valence-corrected chi connectivity index (χ3v) is 7.04. The average Bonchev–Trinajstić information content (AvgIpc) is 3.06. The second-order valence-electron chi connectivity index (χ2n) is 8.05.